The maximum atomic E-state index is 12.6. The highest BCUT2D eigenvalue weighted by atomic mass is 16.5. The summed E-state index contributed by atoms with van der Waals surface area (Å²) in [6.07, 6.45) is 1.85. The van der Waals surface area contributed by atoms with Gasteiger partial charge in [-0.2, -0.15) is 0 Å². The third-order valence-corrected chi connectivity index (χ3v) is 4.55. The average Bonchev–Trinajstić information content (AvgIpc) is 3.18. The van der Waals surface area contributed by atoms with Crippen LogP contribution in [-0.2, 0) is 9.53 Å². The largest absolute Gasteiger partial charge is 0.461 e. The predicted octanol–water partition coefficient (Wildman–Crippen LogP) is 4.43. The molecule has 150 valence electrons. The molecule has 0 fully saturated rings. The number of aromatic nitrogens is 3. The number of nitrogens with one attached hydrogen (secondary N) is 2. The molecule has 0 saturated carbocycles. The SMILES string of the molecule is CCOC(=O)c1nc(-c2ccccc2)c(-c2c[nH]c3ccccc23)nc1NC(C)=O. The van der Waals surface area contributed by atoms with E-state index in [2.05, 4.69) is 20.3 Å². The summed E-state index contributed by atoms with van der Waals surface area (Å²) in [5.41, 5.74) is 3.61. The lowest BCUT2D eigenvalue weighted by molar-refractivity contribution is -0.114. The molecule has 0 aliphatic carbocycles. The maximum absolute atomic E-state index is 12.6. The summed E-state index contributed by atoms with van der Waals surface area (Å²) in [5.74, 6) is -0.926. The van der Waals surface area contributed by atoms with E-state index in [1.165, 1.54) is 6.92 Å². The fourth-order valence-corrected chi connectivity index (χ4v) is 3.28. The summed E-state index contributed by atoms with van der Waals surface area (Å²) >= 11 is 0. The molecule has 7 nitrogen and oxygen atoms in total. The molecule has 30 heavy (non-hydrogen) atoms. The average molecular weight is 400 g/mol. The Hall–Kier alpha value is -4.00. The number of hydrogen-bond acceptors (Lipinski definition) is 5. The molecular formula is C23H20N4O3. The molecule has 4 aromatic rings. The van der Waals surface area contributed by atoms with Gasteiger partial charge in [0.15, 0.2) is 11.5 Å². The van der Waals surface area contributed by atoms with Gasteiger partial charge >= 0.3 is 5.97 Å². The normalized spacial score (nSPS) is 10.7. The van der Waals surface area contributed by atoms with E-state index in [1.807, 2.05) is 60.8 Å². The number of anilines is 1. The van der Waals surface area contributed by atoms with E-state index in [1.54, 1.807) is 6.92 Å². The second kappa shape index (κ2) is 8.16. The number of carbonyl (C=O) groups excluding carboxylic acids is 2. The Labute approximate surface area is 173 Å². The van der Waals surface area contributed by atoms with Crippen LogP contribution in [0.4, 0.5) is 5.82 Å². The molecular weight excluding hydrogens is 380 g/mol. The zero-order valence-electron chi connectivity index (χ0n) is 16.6. The van der Waals surface area contributed by atoms with Crippen LogP contribution in [0.2, 0.25) is 0 Å². The standard InChI is InChI=1S/C23H20N4O3/c1-3-30-23(29)21-22(25-14(2)28)27-20(19(26-21)15-9-5-4-6-10-15)17-13-24-18-12-8-7-11-16(17)18/h4-13,24H,3H2,1-2H3,(H,25,27,28). The number of carbonyl (C=O) groups is 2. The molecule has 2 aromatic carbocycles. The van der Waals surface area contributed by atoms with Crippen molar-refractivity contribution in [1.82, 2.24) is 15.0 Å². The van der Waals surface area contributed by atoms with Crippen LogP contribution in [0.25, 0.3) is 33.4 Å². The van der Waals surface area contributed by atoms with Gasteiger partial charge in [0.05, 0.1) is 12.3 Å². The lowest BCUT2D eigenvalue weighted by Crippen LogP contribution is -2.17. The molecule has 0 spiro atoms. The molecule has 0 radical (unpaired) electrons. The van der Waals surface area contributed by atoms with E-state index in [0.717, 1.165) is 22.0 Å². The van der Waals surface area contributed by atoms with Gasteiger partial charge in [0, 0.05) is 35.2 Å². The summed E-state index contributed by atoms with van der Waals surface area (Å²) in [4.78, 5) is 36.9. The highest BCUT2D eigenvalue weighted by Crippen LogP contribution is 2.35. The van der Waals surface area contributed by atoms with Gasteiger partial charge in [-0.3, -0.25) is 4.79 Å². The van der Waals surface area contributed by atoms with Gasteiger partial charge in [0.2, 0.25) is 5.91 Å². The van der Waals surface area contributed by atoms with Crippen molar-refractivity contribution in [3.05, 3.63) is 66.5 Å². The first kappa shape index (κ1) is 19.3. The minimum atomic E-state index is -0.642. The zero-order chi connectivity index (χ0) is 21.1. The van der Waals surface area contributed by atoms with Crippen molar-refractivity contribution >= 4 is 28.6 Å². The molecule has 2 N–H and O–H groups in total. The predicted molar refractivity (Wildman–Crippen MR) is 115 cm³/mol. The van der Waals surface area contributed by atoms with Crippen LogP contribution in [0.1, 0.15) is 24.3 Å². The van der Waals surface area contributed by atoms with Crippen LogP contribution < -0.4 is 5.32 Å². The molecule has 2 aromatic heterocycles. The molecule has 0 unspecified atom stereocenters. The molecule has 7 heteroatoms. The van der Waals surface area contributed by atoms with Gasteiger partial charge in [-0.15, -0.1) is 0 Å². The topological polar surface area (TPSA) is 97.0 Å². The van der Waals surface area contributed by atoms with Crippen molar-refractivity contribution in [2.45, 2.75) is 13.8 Å². The maximum Gasteiger partial charge on any atom is 0.360 e. The van der Waals surface area contributed by atoms with Gasteiger partial charge in [-0.1, -0.05) is 48.5 Å². The minimum absolute atomic E-state index is 0.0329. The fourth-order valence-electron chi connectivity index (χ4n) is 3.28. The summed E-state index contributed by atoms with van der Waals surface area (Å²) in [6.45, 7) is 3.25. The van der Waals surface area contributed by atoms with Crippen LogP contribution >= 0.6 is 0 Å². The third kappa shape index (κ3) is 3.65. The first-order valence-corrected chi connectivity index (χ1v) is 9.57. The molecule has 2 heterocycles. The summed E-state index contributed by atoms with van der Waals surface area (Å²) in [6, 6.07) is 17.3. The fraction of sp³-hybridized carbons (Fsp3) is 0.130. The number of para-hydroxylation sites is 1. The Morgan fingerprint density at radius 1 is 1.00 bits per heavy atom. The Morgan fingerprint density at radius 3 is 2.47 bits per heavy atom. The van der Waals surface area contributed by atoms with Crippen molar-refractivity contribution in [3.63, 3.8) is 0 Å². The van der Waals surface area contributed by atoms with Crippen LogP contribution in [0.5, 0.6) is 0 Å². The number of esters is 1. The number of ether oxygens (including phenoxy) is 1. The molecule has 0 atom stereocenters. The highest BCUT2D eigenvalue weighted by molar-refractivity contribution is 6.02. The second-order valence-corrected chi connectivity index (χ2v) is 6.63. The lowest BCUT2D eigenvalue weighted by atomic mass is 10.0. The number of benzene rings is 2. The molecule has 1 amide bonds. The number of fused-ring (bicyclic) bond motifs is 1. The number of H-pyrrole nitrogens is 1. The van der Waals surface area contributed by atoms with E-state index < -0.39 is 5.97 Å². The van der Waals surface area contributed by atoms with E-state index >= 15 is 0 Å². The number of aromatic amines is 1. The number of hydrogen-bond donors (Lipinski definition) is 2. The van der Waals surface area contributed by atoms with Crippen LogP contribution in [-0.4, -0.2) is 33.4 Å². The van der Waals surface area contributed by atoms with E-state index in [9.17, 15) is 9.59 Å². The monoisotopic (exact) mass is 400 g/mol. The van der Waals surface area contributed by atoms with Gasteiger partial charge in [0.25, 0.3) is 0 Å². The zero-order valence-corrected chi connectivity index (χ0v) is 16.6. The van der Waals surface area contributed by atoms with E-state index in [-0.39, 0.29) is 24.0 Å². The third-order valence-electron chi connectivity index (χ3n) is 4.55. The number of amides is 1. The van der Waals surface area contributed by atoms with Crippen molar-refractivity contribution in [1.29, 1.82) is 0 Å². The van der Waals surface area contributed by atoms with Crippen molar-refractivity contribution < 1.29 is 14.3 Å². The van der Waals surface area contributed by atoms with Crippen molar-refractivity contribution in [2.24, 2.45) is 0 Å². The number of rotatable bonds is 5. The van der Waals surface area contributed by atoms with Crippen LogP contribution in [0.3, 0.4) is 0 Å². The van der Waals surface area contributed by atoms with E-state index in [4.69, 9.17) is 4.74 Å². The smallest absolute Gasteiger partial charge is 0.360 e. The molecule has 0 saturated heterocycles. The quantitative estimate of drug-likeness (QED) is 0.483. The van der Waals surface area contributed by atoms with Crippen molar-refractivity contribution in [3.8, 4) is 22.5 Å². The molecule has 0 aliphatic rings. The van der Waals surface area contributed by atoms with Gasteiger partial charge < -0.3 is 15.0 Å². The van der Waals surface area contributed by atoms with E-state index in [0.29, 0.717) is 11.4 Å². The molecule has 0 bridgehead atoms. The van der Waals surface area contributed by atoms with Gasteiger partial charge in [0.1, 0.15) is 5.69 Å². The summed E-state index contributed by atoms with van der Waals surface area (Å²) in [7, 11) is 0. The lowest BCUT2D eigenvalue weighted by Gasteiger charge is -2.14. The first-order valence-electron chi connectivity index (χ1n) is 9.57. The van der Waals surface area contributed by atoms with Crippen molar-refractivity contribution in [2.75, 3.05) is 11.9 Å². The number of nitrogens with zero attached hydrogens (tertiary/aromatic N) is 2. The minimum Gasteiger partial charge on any atom is -0.461 e. The van der Waals surface area contributed by atoms with Gasteiger partial charge in [-0.25, -0.2) is 14.8 Å². The Morgan fingerprint density at radius 2 is 1.73 bits per heavy atom. The highest BCUT2D eigenvalue weighted by Gasteiger charge is 2.24. The van der Waals surface area contributed by atoms with Crippen LogP contribution in [0.15, 0.2) is 60.8 Å². The molecule has 4 rings (SSSR count). The van der Waals surface area contributed by atoms with Gasteiger partial charge in [-0.05, 0) is 13.0 Å². The first-order chi connectivity index (χ1) is 14.6. The summed E-state index contributed by atoms with van der Waals surface area (Å²) in [5, 5.41) is 3.58. The second-order valence-electron chi connectivity index (χ2n) is 6.63. The van der Waals surface area contributed by atoms with Crippen LogP contribution in [0, 0.1) is 0 Å². The Kier molecular flexibility index (Phi) is 5.26. The Balaban J connectivity index is 2.02. The summed E-state index contributed by atoms with van der Waals surface area (Å²) < 4.78 is 5.14. The molecule has 0 aliphatic heterocycles. The Bertz CT molecular complexity index is 1230.